The van der Waals surface area contributed by atoms with E-state index in [4.69, 9.17) is 4.74 Å². The first-order chi connectivity index (χ1) is 8.57. The van der Waals surface area contributed by atoms with Crippen molar-refractivity contribution in [2.75, 3.05) is 19.7 Å². The standard InChI is InChI=1S/C16H31NO2/c1-8-9-17-10-12(15(2,3)4)14(16(5,6)7)19-11-13(17)18/h12,14H,8-11H2,1-7H3. The average molecular weight is 269 g/mol. The van der Waals surface area contributed by atoms with Gasteiger partial charge in [0.15, 0.2) is 0 Å². The normalized spacial score (nSPS) is 26.5. The van der Waals surface area contributed by atoms with E-state index in [1.54, 1.807) is 0 Å². The summed E-state index contributed by atoms with van der Waals surface area (Å²) in [5, 5.41) is 0. The zero-order valence-electron chi connectivity index (χ0n) is 13.7. The summed E-state index contributed by atoms with van der Waals surface area (Å²) in [5.41, 5.74) is 0.189. The van der Waals surface area contributed by atoms with Crippen molar-refractivity contribution in [2.24, 2.45) is 16.7 Å². The lowest BCUT2D eigenvalue weighted by molar-refractivity contribution is -0.136. The van der Waals surface area contributed by atoms with Gasteiger partial charge in [-0.3, -0.25) is 4.79 Å². The van der Waals surface area contributed by atoms with Crippen LogP contribution in [0, 0.1) is 16.7 Å². The van der Waals surface area contributed by atoms with Crippen LogP contribution in [0.1, 0.15) is 54.9 Å². The Bertz CT molecular complexity index is 312. The number of hydrogen-bond donors (Lipinski definition) is 0. The third-order valence-electron chi connectivity index (χ3n) is 3.98. The molecular formula is C16H31NO2. The van der Waals surface area contributed by atoms with E-state index in [1.807, 2.05) is 4.90 Å². The van der Waals surface area contributed by atoms with Gasteiger partial charge in [-0.15, -0.1) is 0 Å². The Labute approximate surface area is 118 Å². The van der Waals surface area contributed by atoms with Crippen LogP contribution in [0.5, 0.6) is 0 Å². The molecule has 112 valence electrons. The molecule has 0 saturated carbocycles. The third-order valence-corrected chi connectivity index (χ3v) is 3.98. The van der Waals surface area contributed by atoms with Gasteiger partial charge in [-0.2, -0.15) is 0 Å². The summed E-state index contributed by atoms with van der Waals surface area (Å²) in [7, 11) is 0. The van der Waals surface area contributed by atoms with Crippen molar-refractivity contribution in [3.8, 4) is 0 Å². The van der Waals surface area contributed by atoms with E-state index >= 15 is 0 Å². The molecule has 0 aromatic rings. The van der Waals surface area contributed by atoms with Crippen molar-refractivity contribution in [2.45, 2.75) is 61.0 Å². The Morgan fingerprint density at radius 1 is 1.16 bits per heavy atom. The second-order valence-electron chi connectivity index (χ2n) is 7.91. The number of carbonyl (C=O) groups excluding carboxylic acids is 1. The Balaban J connectivity index is 3.04. The molecule has 1 aliphatic heterocycles. The van der Waals surface area contributed by atoms with Crippen LogP contribution >= 0.6 is 0 Å². The van der Waals surface area contributed by atoms with Gasteiger partial charge in [0.05, 0.1) is 6.10 Å². The minimum absolute atomic E-state index is 0.0560. The van der Waals surface area contributed by atoms with Gasteiger partial charge in [-0.25, -0.2) is 0 Å². The van der Waals surface area contributed by atoms with E-state index in [0.717, 1.165) is 19.5 Å². The first kappa shape index (κ1) is 16.5. The summed E-state index contributed by atoms with van der Waals surface area (Å²) in [5.74, 6) is 0.508. The molecule has 0 N–H and O–H groups in total. The van der Waals surface area contributed by atoms with Crippen molar-refractivity contribution >= 4 is 5.91 Å². The van der Waals surface area contributed by atoms with Crippen LogP contribution < -0.4 is 0 Å². The molecule has 0 aliphatic carbocycles. The zero-order chi connectivity index (χ0) is 14.8. The van der Waals surface area contributed by atoms with E-state index in [2.05, 4.69) is 48.5 Å². The van der Waals surface area contributed by atoms with Gasteiger partial charge >= 0.3 is 0 Å². The molecule has 0 spiro atoms. The fourth-order valence-electron chi connectivity index (χ4n) is 2.87. The van der Waals surface area contributed by atoms with Gasteiger partial charge in [0.2, 0.25) is 5.91 Å². The monoisotopic (exact) mass is 269 g/mol. The average Bonchev–Trinajstić information content (AvgIpc) is 2.38. The molecule has 1 heterocycles. The maximum Gasteiger partial charge on any atom is 0.248 e. The van der Waals surface area contributed by atoms with Crippen molar-refractivity contribution in [1.29, 1.82) is 0 Å². The maximum atomic E-state index is 12.2. The number of amides is 1. The quantitative estimate of drug-likeness (QED) is 0.769. The first-order valence-corrected chi connectivity index (χ1v) is 7.46. The van der Waals surface area contributed by atoms with Crippen molar-refractivity contribution in [3.05, 3.63) is 0 Å². The van der Waals surface area contributed by atoms with Crippen LogP contribution in [-0.2, 0) is 9.53 Å². The summed E-state index contributed by atoms with van der Waals surface area (Å²) < 4.78 is 6.00. The lowest BCUT2D eigenvalue weighted by Gasteiger charge is -2.42. The molecule has 3 heteroatoms. The highest BCUT2D eigenvalue weighted by Crippen LogP contribution is 2.40. The molecule has 3 nitrogen and oxygen atoms in total. The van der Waals surface area contributed by atoms with Gasteiger partial charge in [0.25, 0.3) is 0 Å². The molecule has 2 unspecified atom stereocenters. The molecule has 1 aliphatic rings. The second-order valence-corrected chi connectivity index (χ2v) is 7.91. The number of carbonyl (C=O) groups is 1. The molecule has 0 aromatic heterocycles. The predicted molar refractivity (Wildman–Crippen MR) is 79.0 cm³/mol. The van der Waals surface area contributed by atoms with Gasteiger partial charge in [0.1, 0.15) is 6.61 Å². The van der Waals surface area contributed by atoms with Crippen LogP contribution in [0.15, 0.2) is 0 Å². The van der Waals surface area contributed by atoms with Gasteiger partial charge < -0.3 is 9.64 Å². The highest BCUT2D eigenvalue weighted by Gasteiger charge is 2.43. The highest BCUT2D eigenvalue weighted by atomic mass is 16.5. The lowest BCUT2D eigenvalue weighted by atomic mass is 9.69. The van der Waals surface area contributed by atoms with E-state index in [9.17, 15) is 4.79 Å². The third kappa shape index (κ3) is 4.20. The van der Waals surface area contributed by atoms with E-state index in [0.29, 0.717) is 5.92 Å². The number of ether oxygens (including phenoxy) is 1. The molecular weight excluding hydrogens is 238 g/mol. The molecule has 2 atom stereocenters. The molecule has 0 bridgehead atoms. The number of hydrogen-bond acceptors (Lipinski definition) is 2. The SMILES string of the molecule is CCCN1CC(C(C)(C)C)C(C(C)(C)C)OCC1=O. The fourth-order valence-corrected chi connectivity index (χ4v) is 2.87. The van der Waals surface area contributed by atoms with Crippen LogP contribution in [0.25, 0.3) is 0 Å². The Kier molecular flexibility index (Phi) is 5.05. The van der Waals surface area contributed by atoms with Crippen molar-refractivity contribution in [3.63, 3.8) is 0 Å². The topological polar surface area (TPSA) is 29.5 Å². The molecule has 1 saturated heterocycles. The van der Waals surface area contributed by atoms with Gasteiger partial charge in [-0.1, -0.05) is 48.5 Å². The fraction of sp³-hybridized carbons (Fsp3) is 0.938. The van der Waals surface area contributed by atoms with Crippen LogP contribution in [-0.4, -0.2) is 36.6 Å². The molecule has 0 aromatic carbocycles. The summed E-state index contributed by atoms with van der Waals surface area (Å²) in [6.07, 6.45) is 1.13. The predicted octanol–water partition coefficient (Wildman–Crippen LogP) is 3.33. The Morgan fingerprint density at radius 2 is 1.74 bits per heavy atom. The smallest absolute Gasteiger partial charge is 0.248 e. The minimum atomic E-state index is 0.0560. The molecule has 0 radical (unpaired) electrons. The van der Waals surface area contributed by atoms with Crippen molar-refractivity contribution < 1.29 is 9.53 Å². The summed E-state index contributed by atoms with van der Waals surface area (Å²) in [4.78, 5) is 14.1. The molecule has 1 fully saturated rings. The van der Waals surface area contributed by atoms with Crippen LogP contribution in [0.4, 0.5) is 0 Å². The molecule has 19 heavy (non-hydrogen) atoms. The Hall–Kier alpha value is -0.570. The minimum Gasteiger partial charge on any atom is -0.367 e. The molecule has 1 rings (SSSR count). The van der Waals surface area contributed by atoms with Gasteiger partial charge in [-0.05, 0) is 17.3 Å². The van der Waals surface area contributed by atoms with Crippen molar-refractivity contribution in [1.82, 2.24) is 4.90 Å². The zero-order valence-corrected chi connectivity index (χ0v) is 13.7. The first-order valence-electron chi connectivity index (χ1n) is 7.46. The van der Waals surface area contributed by atoms with Gasteiger partial charge in [0, 0.05) is 19.0 Å². The largest absolute Gasteiger partial charge is 0.367 e. The second kappa shape index (κ2) is 5.82. The van der Waals surface area contributed by atoms with Crippen LogP contribution in [0.2, 0.25) is 0 Å². The van der Waals surface area contributed by atoms with E-state index in [-0.39, 0.29) is 29.4 Å². The highest BCUT2D eigenvalue weighted by molar-refractivity contribution is 5.77. The maximum absolute atomic E-state index is 12.2. The number of nitrogens with zero attached hydrogens (tertiary/aromatic N) is 1. The summed E-state index contributed by atoms with van der Waals surface area (Å²) >= 11 is 0. The van der Waals surface area contributed by atoms with Crippen LogP contribution in [0.3, 0.4) is 0 Å². The molecule has 1 amide bonds. The Morgan fingerprint density at radius 3 is 2.16 bits per heavy atom. The summed E-state index contributed by atoms with van der Waals surface area (Å²) in [6, 6.07) is 0. The lowest BCUT2D eigenvalue weighted by Crippen LogP contribution is -2.46. The number of rotatable bonds is 2. The van der Waals surface area contributed by atoms with E-state index in [1.165, 1.54) is 0 Å². The van der Waals surface area contributed by atoms with E-state index < -0.39 is 0 Å². The summed E-state index contributed by atoms with van der Waals surface area (Å²) in [6.45, 7) is 17.4.